The molecule has 0 unspecified atom stereocenters. The summed E-state index contributed by atoms with van der Waals surface area (Å²) < 4.78 is 0.927. The lowest BCUT2D eigenvalue weighted by Crippen LogP contribution is -2.36. The van der Waals surface area contributed by atoms with Crippen molar-refractivity contribution in [3.8, 4) is 0 Å². The minimum Gasteiger partial charge on any atom is -0.389 e. The first-order valence-electron chi connectivity index (χ1n) is 6.38. The van der Waals surface area contributed by atoms with Crippen molar-refractivity contribution in [2.45, 2.75) is 46.6 Å². The molecule has 0 amide bonds. The first-order valence-corrected chi connectivity index (χ1v) is 7.58. The third-order valence-corrected chi connectivity index (χ3v) is 3.57. The Kier molecular flexibility index (Phi) is 5.02. The summed E-state index contributed by atoms with van der Waals surface area (Å²) in [5.41, 5.74) is 7.91. The molecule has 0 saturated heterocycles. The third kappa shape index (κ3) is 5.11. The zero-order valence-electron chi connectivity index (χ0n) is 12.3. The number of hydrogen-bond acceptors (Lipinski definition) is 2. The van der Waals surface area contributed by atoms with Crippen molar-refractivity contribution in [1.82, 2.24) is 0 Å². The quantitative estimate of drug-likeness (QED) is 0.778. The summed E-state index contributed by atoms with van der Waals surface area (Å²) in [5, 5.41) is 3.57. The maximum atomic E-state index is 5.82. The van der Waals surface area contributed by atoms with Crippen LogP contribution < -0.4 is 11.1 Å². The van der Waals surface area contributed by atoms with Crippen LogP contribution >= 0.6 is 28.1 Å². The van der Waals surface area contributed by atoms with Crippen LogP contribution in [-0.2, 0) is 0 Å². The van der Waals surface area contributed by atoms with Crippen LogP contribution in [0.1, 0.15) is 46.6 Å². The number of nitrogens with two attached hydrogens (primary N) is 1. The van der Waals surface area contributed by atoms with E-state index in [4.69, 9.17) is 18.0 Å². The summed E-state index contributed by atoms with van der Waals surface area (Å²) in [6.07, 6.45) is 1.04. The van der Waals surface area contributed by atoms with Gasteiger partial charge in [0.1, 0.15) is 4.99 Å². The van der Waals surface area contributed by atoms with E-state index in [1.54, 1.807) is 0 Å². The fourth-order valence-corrected chi connectivity index (χ4v) is 3.54. The SMILES string of the molecule is CC(C)(C)CC(C)(C)Nc1cccc(Br)c1C(N)=S. The molecule has 0 bridgehead atoms. The third-order valence-electron chi connectivity index (χ3n) is 2.71. The number of rotatable bonds is 4. The van der Waals surface area contributed by atoms with Crippen molar-refractivity contribution in [3.05, 3.63) is 28.2 Å². The average molecular weight is 343 g/mol. The van der Waals surface area contributed by atoms with Gasteiger partial charge in [-0.25, -0.2) is 0 Å². The number of anilines is 1. The normalized spacial score (nSPS) is 12.3. The van der Waals surface area contributed by atoms with Gasteiger partial charge in [-0.15, -0.1) is 0 Å². The lowest BCUT2D eigenvalue weighted by Gasteiger charge is -2.35. The van der Waals surface area contributed by atoms with Crippen LogP contribution in [0.3, 0.4) is 0 Å². The van der Waals surface area contributed by atoms with E-state index in [9.17, 15) is 0 Å². The van der Waals surface area contributed by atoms with E-state index in [1.807, 2.05) is 18.2 Å². The van der Waals surface area contributed by atoms with E-state index in [1.165, 1.54) is 0 Å². The number of thiocarbonyl (C=S) groups is 1. The Balaban J connectivity index is 3.06. The fraction of sp³-hybridized carbons (Fsp3) is 0.533. The van der Waals surface area contributed by atoms with Crippen molar-refractivity contribution in [2.75, 3.05) is 5.32 Å². The number of benzene rings is 1. The minimum atomic E-state index is -0.0292. The summed E-state index contributed by atoms with van der Waals surface area (Å²) in [4.78, 5) is 0.404. The molecule has 0 aliphatic carbocycles. The van der Waals surface area contributed by atoms with Gasteiger partial charge in [0.05, 0.1) is 0 Å². The van der Waals surface area contributed by atoms with Crippen LogP contribution in [0.15, 0.2) is 22.7 Å². The molecule has 0 atom stereocenters. The van der Waals surface area contributed by atoms with Crippen LogP contribution in [0.25, 0.3) is 0 Å². The van der Waals surface area contributed by atoms with E-state index in [0.717, 1.165) is 22.1 Å². The zero-order valence-corrected chi connectivity index (χ0v) is 14.7. The van der Waals surface area contributed by atoms with Gasteiger partial charge < -0.3 is 11.1 Å². The van der Waals surface area contributed by atoms with Crippen LogP contribution in [0, 0.1) is 5.41 Å². The first kappa shape index (κ1) is 16.4. The van der Waals surface area contributed by atoms with E-state index < -0.39 is 0 Å². The standard InChI is InChI=1S/C15H23BrN2S/c1-14(2,3)9-15(4,5)18-11-8-6-7-10(16)12(11)13(17)19/h6-8,18H,9H2,1-5H3,(H2,17,19). The van der Waals surface area contributed by atoms with Gasteiger partial charge in [0.2, 0.25) is 0 Å². The van der Waals surface area contributed by atoms with Crippen LogP contribution in [0.4, 0.5) is 5.69 Å². The molecule has 106 valence electrons. The maximum Gasteiger partial charge on any atom is 0.107 e. The number of hydrogen-bond donors (Lipinski definition) is 2. The molecule has 4 heteroatoms. The van der Waals surface area contributed by atoms with Crippen molar-refractivity contribution in [1.29, 1.82) is 0 Å². The molecule has 0 aliphatic rings. The highest BCUT2D eigenvalue weighted by atomic mass is 79.9. The zero-order chi connectivity index (χ0) is 14.8. The summed E-state index contributed by atoms with van der Waals surface area (Å²) in [6, 6.07) is 5.96. The van der Waals surface area contributed by atoms with E-state index in [2.05, 4.69) is 55.9 Å². The Bertz CT molecular complexity index is 476. The highest BCUT2D eigenvalue weighted by molar-refractivity contribution is 9.10. The summed E-state index contributed by atoms with van der Waals surface area (Å²) >= 11 is 8.65. The maximum absolute atomic E-state index is 5.82. The Hall–Kier alpha value is -0.610. The van der Waals surface area contributed by atoms with Gasteiger partial charge >= 0.3 is 0 Å². The molecular formula is C15H23BrN2S. The average Bonchev–Trinajstić information content (AvgIpc) is 2.11. The van der Waals surface area contributed by atoms with Gasteiger partial charge in [0, 0.05) is 21.3 Å². The second-order valence-corrected chi connectivity index (χ2v) is 8.07. The highest BCUT2D eigenvalue weighted by Gasteiger charge is 2.26. The van der Waals surface area contributed by atoms with Gasteiger partial charge in [-0.05, 0) is 53.7 Å². The molecule has 0 aliphatic heterocycles. The van der Waals surface area contributed by atoms with Crippen molar-refractivity contribution in [2.24, 2.45) is 11.1 Å². The Morgan fingerprint density at radius 3 is 2.32 bits per heavy atom. The Morgan fingerprint density at radius 1 is 1.26 bits per heavy atom. The lowest BCUT2D eigenvalue weighted by atomic mass is 9.81. The van der Waals surface area contributed by atoms with Crippen LogP contribution in [-0.4, -0.2) is 10.5 Å². The molecule has 0 spiro atoms. The van der Waals surface area contributed by atoms with Gasteiger partial charge in [-0.1, -0.05) is 39.1 Å². The molecule has 1 aromatic rings. The lowest BCUT2D eigenvalue weighted by molar-refractivity contribution is 0.302. The minimum absolute atomic E-state index is 0.0292. The molecule has 1 aromatic carbocycles. The van der Waals surface area contributed by atoms with Crippen LogP contribution in [0.5, 0.6) is 0 Å². The van der Waals surface area contributed by atoms with Crippen molar-refractivity contribution >= 4 is 38.8 Å². The highest BCUT2D eigenvalue weighted by Crippen LogP contribution is 2.32. The molecule has 0 aromatic heterocycles. The fourth-order valence-electron chi connectivity index (χ4n) is 2.61. The van der Waals surface area contributed by atoms with Gasteiger partial charge in [-0.2, -0.15) is 0 Å². The summed E-state index contributed by atoms with van der Waals surface area (Å²) in [5.74, 6) is 0. The molecule has 0 heterocycles. The van der Waals surface area contributed by atoms with Crippen molar-refractivity contribution < 1.29 is 0 Å². The Labute approximate surface area is 130 Å². The molecule has 19 heavy (non-hydrogen) atoms. The van der Waals surface area contributed by atoms with E-state index >= 15 is 0 Å². The predicted octanol–water partition coefficient (Wildman–Crippen LogP) is 4.71. The summed E-state index contributed by atoms with van der Waals surface area (Å²) in [6.45, 7) is 11.1. The number of nitrogens with one attached hydrogen (secondary N) is 1. The molecule has 2 nitrogen and oxygen atoms in total. The predicted molar refractivity (Wildman–Crippen MR) is 91.8 cm³/mol. The molecular weight excluding hydrogens is 320 g/mol. The smallest absolute Gasteiger partial charge is 0.107 e. The molecule has 0 saturated carbocycles. The van der Waals surface area contributed by atoms with Crippen molar-refractivity contribution in [3.63, 3.8) is 0 Å². The first-order chi connectivity index (χ1) is 8.52. The van der Waals surface area contributed by atoms with Gasteiger partial charge in [-0.3, -0.25) is 0 Å². The van der Waals surface area contributed by atoms with E-state index in [-0.39, 0.29) is 11.0 Å². The monoisotopic (exact) mass is 342 g/mol. The molecule has 0 radical (unpaired) electrons. The Morgan fingerprint density at radius 2 is 1.84 bits per heavy atom. The second-order valence-electron chi connectivity index (χ2n) is 6.77. The topological polar surface area (TPSA) is 38.0 Å². The molecule has 3 N–H and O–H groups in total. The van der Waals surface area contributed by atoms with E-state index in [0.29, 0.717) is 4.99 Å². The second kappa shape index (κ2) is 5.80. The number of halogens is 1. The molecule has 1 rings (SSSR count). The summed E-state index contributed by atoms with van der Waals surface area (Å²) in [7, 11) is 0. The molecule has 0 fully saturated rings. The van der Waals surface area contributed by atoms with Gasteiger partial charge in [0.25, 0.3) is 0 Å². The van der Waals surface area contributed by atoms with Gasteiger partial charge in [0.15, 0.2) is 0 Å². The van der Waals surface area contributed by atoms with Crippen LogP contribution in [0.2, 0.25) is 0 Å². The largest absolute Gasteiger partial charge is 0.389 e.